The van der Waals surface area contributed by atoms with Crippen LogP contribution in [0.1, 0.15) is 13.8 Å². The van der Waals surface area contributed by atoms with Gasteiger partial charge in [-0.1, -0.05) is 31.8 Å². The summed E-state index contributed by atoms with van der Waals surface area (Å²) in [5, 5.41) is 3.18. The number of hydrogen-bond acceptors (Lipinski definition) is 2. The molecule has 0 saturated heterocycles. The van der Waals surface area contributed by atoms with Crippen LogP contribution >= 0.6 is 24.0 Å². The average Bonchev–Trinajstić information content (AvgIpc) is 1.79. The minimum atomic E-state index is 0.753. The molecule has 10 heavy (non-hydrogen) atoms. The monoisotopic (exact) mass is 177 g/mol. The summed E-state index contributed by atoms with van der Waals surface area (Å²) in [5.74, 6) is 1.91. The predicted molar refractivity (Wildman–Crippen MR) is 52.8 cm³/mol. The Labute approximate surface area is 72.9 Å². The van der Waals surface area contributed by atoms with Crippen molar-refractivity contribution < 1.29 is 0 Å². The number of hydrogen-bond donors (Lipinski definition) is 1. The van der Waals surface area contributed by atoms with Crippen LogP contribution in [0.3, 0.4) is 0 Å². The van der Waals surface area contributed by atoms with Gasteiger partial charge in [0.15, 0.2) is 0 Å². The van der Waals surface area contributed by atoms with Crippen LogP contribution < -0.4 is 0 Å². The highest BCUT2D eigenvalue weighted by atomic mass is 32.1. The van der Waals surface area contributed by atoms with Crippen LogP contribution in [0, 0.1) is 11.1 Å². The van der Waals surface area contributed by atoms with Gasteiger partial charge < -0.3 is 0 Å². The first-order valence-electron chi connectivity index (χ1n) is 3.37. The van der Waals surface area contributed by atoms with E-state index in [9.17, 15) is 0 Å². The van der Waals surface area contributed by atoms with E-state index in [-0.39, 0.29) is 0 Å². The summed E-state index contributed by atoms with van der Waals surface area (Å²) in [6.45, 7) is 5.23. The summed E-state index contributed by atoms with van der Waals surface area (Å²) < 4.78 is 1.81. The summed E-state index contributed by atoms with van der Waals surface area (Å²) in [7, 11) is 1.92. The molecule has 0 spiro atoms. The molecule has 0 aromatic carbocycles. The van der Waals surface area contributed by atoms with Crippen LogP contribution in [-0.2, 0) is 0 Å². The van der Waals surface area contributed by atoms with Gasteiger partial charge in [-0.15, -0.1) is 11.2 Å². The predicted octanol–water partition coefficient (Wildman–Crippen LogP) is 2.11. The highest BCUT2D eigenvalue weighted by Crippen LogP contribution is 1.96. The van der Waals surface area contributed by atoms with Gasteiger partial charge in [-0.2, -0.15) is 0 Å². The molecule has 0 aliphatic carbocycles. The lowest BCUT2D eigenvalue weighted by Gasteiger charge is -1.99. The first kappa shape index (κ1) is 10.3. The molecule has 3 heteroatoms. The molecule has 0 unspecified atom stereocenters. The zero-order valence-electron chi connectivity index (χ0n) is 6.79. The molecule has 0 rings (SSSR count). The number of rotatable bonds is 2. The quantitative estimate of drug-likeness (QED) is 0.632. The van der Waals surface area contributed by atoms with Gasteiger partial charge in [0.1, 0.15) is 0 Å². The molecule has 0 amide bonds. The third-order valence-corrected chi connectivity index (χ3v) is 2.12. The van der Waals surface area contributed by atoms with Gasteiger partial charge in [-0.3, -0.25) is 0 Å². The summed E-state index contributed by atoms with van der Waals surface area (Å²) >= 11 is 5.83. The van der Waals surface area contributed by atoms with E-state index in [1.807, 2.05) is 11.4 Å². The molecule has 0 saturated carbocycles. The highest BCUT2D eigenvalue weighted by Gasteiger charge is 1.86. The highest BCUT2D eigenvalue weighted by molar-refractivity contribution is 7.88. The molecule has 0 aliphatic rings. The lowest BCUT2D eigenvalue weighted by atomic mass is 10.3. The van der Waals surface area contributed by atoms with Crippen LogP contribution in [0.5, 0.6) is 0 Å². The Bertz CT molecular complexity index is 118. The molecule has 0 N–H and O–H groups in total. The fraction of sp³-hybridized carbons (Fsp3) is 0.857. The molecule has 1 nitrogen and oxygen atoms in total. The number of thiol groups is 1. The normalized spacial score (nSPS) is 10.2. The van der Waals surface area contributed by atoms with Gasteiger partial charge >= 0.3 is 0 Å². The molecular formula is C7H15NS2. The molecule has 0 bridgehead atoms. The van der Waals surface area contributed by atoms with Crippen molar-refractivity contribution >= 4 is 24.0 Å². The van der Waals surface area contributed by atoms with Gasteiger partial charge in [0, 0.05) is 5.75 Å². The average molecular weight is 177 g/mol. The molecule has 0 aromatic rings. The van der Waals surface area contributed by atoms with Crippen molar-refractivity contribution in [1.29, 1.82) is 0 Å². The van der Waals surface area contributed by atoms with Gasteiger partial charge in [0.25, 0.3) is 0 Å². The maximum absolute atomic E-state index is 4.08. The van der Waals surface area contributed by atoms with Crippen LogP contribution in [0.2, 0.25) is 0 Å². The fourth-order valence-corrected chi connectivity index (χ4v) is 1.27. The van der Waals surface area contributed by atoms with Crippen molar-refractivity contribution in [3.8, 4) is 5.18 Å². The molecule has 0 aliphatic heterocycles. The van der Waals surface area contributed by atoms with Crippen LogP contribution in [0.4, 0.5) is 0 Å². The Morgan fingerprint density at radius 2 is 2.20 bits per heavy atom. The zero-order chi connectivity index (χ0) is 7.98. The first-order valence-corrected chi connectivity index (χ1v) is 4.76. The summed E-state index contributed by atoms with van der Waals surface area (Å²) in [5.41, 5.74) is 0. The zero-order valence-corrected chi connectivity index (χ0v) is 8.51. The van der Waals surface area contributed by atoms with Crippen molar-refractivity contribution in [1.82, 2.24) is 4.31 Å². The molecule has 0 radical (unpaired) electrons. The van der Waals surface area contributed by atoms with E-state index >= 15 is 0 Å². The second kappa shape index (κ2) is 6.05. The van der Waals surface area contributed by atoms with E-state index in [4.69, 9.17) is 0 Å². The van der Waals surface area contributed by atoms with Gasteiger partial charge in [0.2, 0.25) is 0 Å². The van der Waals surface area contributed by atoms with E-state index in [1.165, 1.54) is 0 Å². The van der Waals surface area contributed by atoms with Gasteiger partial charge in [-0.25, -0.2) is 4.31 Å². The van der Waals surface area contributed by atoms with Crippen molar-refractivity contribution in [2.75, 3.05) is 19.3 Å². The summed E-state index contributed by atoms with van der Waals surface area (Å²) in [6, 6.07) is 0. The summed E-state index contributed by atoms with van der Waals surface area (Å²) in [4.78, 5) is 0. The molecule has 0 fully saturated rings. The van der Waals surface area contributed by atoms with Crippen LogP contribution in [0.25, 0.3) is 0 Å². The van der Waals surface area contributed by atoms with Crippen molar-refractivity contribution in [2.24, 2.45) is 5.92 Å². The lowest BCUT2D eigenvalue weighted by molar-refractivity contribution is 0.657. The van der Waals surface area contributed by atoms with E-state index in [0.29, 0.717) is 0 Å². The maximum Gasteiger partial charge on any atom is 0.0717 e. The Balaban J connectivity index is 3.32. The van der Waals surface area contributed by atoms with Gasteiger partial charge in [0.05, 0.1) is 6.54 Å². The van der Waals surface area contributed by atoms with Crippen molar-refractivity contribution in [3.05, 3.63) is 0 Å². The SMILES string of the molecule is CC(C)CS#CCN(C)S. The van der Waals surface area contributed by atoms with Gasteiger partial charge in [-0.05, 0) is 13.0 Å². The lowest BCUT2D eigenvalue weighted by Crippen LogP contribution is -2.03. The third kappa shape index (κ3) is 8.31. The Morgan fingerprint density at radius 1 is 1.60 bits per heavy atom. The standard InChI is InChI=1S/C7H15NS2/c1-7(2)6-10-5-4-8(3)9/h7,9H,4,6H2,1-3H3. The minimum absolute atomic E-state index is 0.753. The second-order valence-corrected chi connectivity index (χ2v) is 4.26. The number of nitrogens with zero attached hydrogens (tertiary/aromatic N) is 1. The van der Waals surface area contributed by atoms with E-state index in [1.54, 1.807) is 11.2 Å². The van der Waals surface area contributed by atoms with Crippen molar-refractivity contribution in [2.45, 2.75) is 13.8 Å². The molecule has 0 aromatic heterocycles. The Morgan fingerprint density at radius 3 is 2.60 bits per heavy atom. The molecule has 0 heterocycles. The van der Waals surface area contributed by atoms with Crippen LogP contribution in [0.15, 0.2) is 0 Å². The smallest absolute Gasteiger partial charge is 0.0717 e. The topological polar surface area (TPSA) is 3.24 Å². The second-order valence-electron chi connectivity index (χ2n) is 2.66. The summed E-state index contributed by atoms with van der Waals surface area (Å²) in [6.07, 6.45) is 0. The maximum atomic E-state index is 4.08. The van der Waals surface area contributed by atoms with E-state index in [2.05, 4.69) is 31.8 Å². The minimum Gasteiger partial charge on any atom is -0.244 e. The third-order valence-electron chi connectivity index (χ3n) is 0.812. The fourth-order valence-electron chi connectivity index (χ4n) is 0.365. The first-order chi connectivity index (χ1) is 4.63. The Kier molecular flexibility index (Phi) is 6.24. The largest absolute Gasteiger partial charge is 0.244 e. The van der Waals surface area contributed by atoms with E-state index < -0.39 is 0 Å². The molecular weight excluding hydrogens is 162 g/mol. The van der Waals surface area contributed by atoms with E-state index in [0.717, 1.165) is 18.2 Å². The molecule has 60 valence electrons. The van der Waals surface area contributed by atoms with Crippen LogP contribution in [-0.4, -0.2) is 23.7 Å². The molecule has 0 atom stereocenters. The van der Waals surface area contributed by atoms with Crippen molar-refractivity contribution in [3.63, 3.8) is 0 Å². The Hall–Kier alpha value is 0.310.